The lowest BCUT2D eigenvalue weighted by Crippen LogP contribution is -2.27. The molecule has 2 heterocycles. The Morgan fingerprint density at radius 3 is 3.18 bits per heavy atom. The Kier molecular flexibility index (Phi) is 4.42. The van der Waals surface area contributed by atoms with Crippen molar-refractivity contribution in [1.29, 1.82) is 0 Å². The van der Waals surface area contributed by atoms with Crippen molar-refractivity contribution < 1.29 is 14.6 Å². The lowest BCUT2D eigenvalue weighted by Gasteiger charge is -2.28. The summed E-state index contributed by atoms with van der Waals surface area (Å²) < 4.78 is 5.05. The van der Waals surface area contributed by atoms with E-state index in [1.165, 1.54) is 0 Å². The Morgan fingerprint density at radius 2 is 2.47 bits per heavy atom. The average molecular weight is 273 g/mol. The van der Waals surface area contributed by atoms with E-state index in [1.807, 2.05) is 12.3 Å². The van der Waals surface area contributed by atoms with Crippen LogP contribution in [0.1, 0.15) is 13.3 Å². The summed E-state index contributed by atoms with van der Waals surface area (Å²) in [5.41, 5.74) is 1.09. The van der Waals surface area contributed by atoms with Gasteiger partial charge < -0.3 is 14.7 Å². The number of hydrogen-bond donors (Lipinski definition) is 1. The van der Waals surface area contributed by atoms with Gasteiger partial charge in [0.15, 0.2) is 0 Å². The third-order valence-corrected chi connectivity index (χ3v) is 4.69. The van der Waals surface area contributed by atoms with Gasteiger partial charge in [0.25, 0.3) is 0 Å². The van der Waals surface area contributed by atoms with Gasteiger partial charge in [0, 0.05) is 31.0 Å². The molecule has 0 fully saturated rings. The molecule has 0 atom stereocenters. The van der Waals surface area contributed by atoms with Gasteiger partial charge in [-0.05, 0) is 12.3 Å². The highest BCUT2D eigenvalue weighted by Gasteiger charge is 2.31. The molecule has 2 rings (SSSR count). The Hall–Kier alpha value is -0.590. The van der Waals surface area contributed by atoms with E-state index in [9.17, 15) is 4.79 Å². The van der Waals surface area contributed by atoms with Gasteiger partial charge >= 0.3 is 5.97 Å². The Bertz CT molecular complexity index is 379. The van der Waals surface area contributed by atoms with Gasteiger partial charge in [-0.15, -0.1) is 11.8 Å². The van der Waals surface area contributed by atoms with Crippen LogP contribution >= 0.6 is 23.5 Å². The second-order valence-electron chi connectivity index (χ2n) is 3.56. The molecule has 94 valence electrons. The van der Waals surface area contributed by atoms with Crippen molar-refractivity contribution in [2.24, 2.45) is 0 Å². The van der Waals surface area contributed by atoms with E-state index in [0.29, 0.717) is 17.9 Å². The highest BCUT2D eigenvalue weighted by atomic mass is 32.2. The molecule has 1 N–H and O–H groups in total. The molecule has 0 aromatic rings. The zero-order valence-corrected chi connectivity index (χ0v) is 11.3. The number of carbonyl (C=O) groups is 1. The topological polar surface area (TPSA) is 49.8 Å². The molecule has 0 aromatic heterocycles. The Morgan fingerprint density at radius 1 is 1.65 bits per heavy atom. The fourth-order valence-corrected chi connectivity index (χ4v) is 3.98. The fourth-order valence-electron chi connectivity index (χ4n) is 1.75. The van der Waals surface area contributed by atoms with Crippen molar-refractivity contribution in [2.45, 2.75) is 13.3 Å². The number of esters is 1. The second kappa shape index (κ2) is 5.84. The lowest BCUT2D eigenvalue weighted by molar-refractivity contribution is -0.137. The Balaban J connectivity index is 2.18. The van der Waals surface area contributed by atoms with Crippen LogP contribution in [0.2, 0.25) is 0 Å². The van der Waals surface area contributed by atoms with Gasteiger partial charge in [-0.25, -0.2) is 4.79 Å². The molecule has 2 aliphatic heterocycles. The van der Waals surface area contributed by atoms with Crippen LogP contribution < -0.4 is 0 Å². The zero-order valence-electron chi connectivity index (χ0n) is 9.64. The van der Waals surface area contributed by atoms with Crippen molar-refractivity contribution in [3.05, 3.63) is 21.0 Å². The van der Waals surface area contributed by atoms with Gasteiger partial charge in [0.2, 0.25) is 0 Å². The van der Waals surface area contributed by atoms with E-state index in [2.05, 4.69) is 4.90 Å². The third kappa shape index (κ3) is 2.64. The maximum absolute atomic E-state index is 11.8. The number of aliphatic hydroxyl groups is 1. The van der Waals surface area contributed by atoms with E-state index < -0.39 is 0 Å². The molecule has 0 amide bonds. The zero-order chi connectivity index (χ0) is 12.3. The number of carbonyl (C=O) groups excluding carboxylic acids is 1. The van der Waals surface area contributed by atoms with Crippen LogP contribution in [0.25, 0.3) is 0 Å². The summed E-state index contributed by atoms with van der Waals surface area (Å²) in [5.74, 6) is 0.643. The first-order valence-corrected chi connectivity index (χ1v) is 7.42. The number of rotatable bonds is 4. The van der Waals surface area contributed by atoms with Crippen LogP contribution in [0.3, 0.4) is 0 Å². The minimum atomic E-state index is -0.233. The normalized spacial score (nSPS) is 19.2. The molecule has 4 nitrogen and oxygen atoms in total. The molecule has 0 saturated heterocycles. The van der Waals surface area contributed by atoms with Crippen molar-refractivity contribution >= 4 is 29.5 Å². The quantitative estimate of drug-likeness (QED) is 0.787. The van der Waals surface area contributed by atoms with Crippen LogP contribution in [0, 0.1) is 0 Å². The molecular weight excluding hydrogens is 258 g/mol. The third-order valence-electron chi connectivity index (χ3n) is 2.48. The van der Waals surface area contributed by atoms with Gasteiger partial charge in [-0.3, -0.25) is 0 Å². The first-order valence-electron chi connectivity index (χ1n) is 5.56. The monoisotopic (exact) mass is 273 g/mol. The van der Waals surface area contributed by atoms with Crippen LogP contribution in [-0.2, 0) is 9.53 Å². The van der Waals surface area contributed by atoms with Crippen LogP contribution in [0.5, 0.6) is 0 Å². The maximum Gasteiger partial charge on any atom is 0.347 e. The van der Waals surface area contributed by atoms with Gasteiger partial charge in [0.05, 0.1) is 6.61 Å². The number of hydrogen-bond acceptors (Lipinski definition) is 6. The molecule has 2 aliphatic rings. The lowest BCUT2D eigenvalue weighted by atomic mass is 10.3. The van der Waals surface area contributed by atoms with E-state index in [-0.39, 0.29) is 12.6 Å². The van der Waals surface area contributed by atoms with Crippen molar-refractivity contribution in [2.75, 3.05) is 25.5 Å². The van der Waals surface area contributed by atoms with Crippen LogP contribution in [-0.4, -0.2) is 41.5 Å². The van der Waals surface area contributed by atoms with Gasteiger partial charge in [-0.1, -0.05) is 11.8 Å². The standard InChI is InChI=1S/C11H15NO3S2/c1-2-15-11(14)9-10-12(4-6-16-9)8(3-5-13)7-17-10/h7,13H,2-6H2,1H3. The summed E-state index contributed by atoms with van der Waals surface area (Å²) in [6.07, 6.45) is 0.636. The first-order chi connectivity index (χ1) is 8.27. The Labute approximate surface area is 109 Å². The second-order valence-corrected chi connectivity index (χ2v) is 5.52. The van der Waals surface area contributed by atoms with Crippen molar-refractivity contribution in [1.82, 2.24) is 4.90 Å². The SMILES string of the molecule is CCOC(=O)C1=C2SC=C(CCO)N2CCS1. The van der Waals surface area contributed by atoms with E-state index in [1.54, 1.807) is 23.5 Å². The molecule has 0 radical (unpaired) electrons. The van der Waals surface area contributed by atoms with Crippen molar-refractivity contribution in [3.8, 4) is 0 Å². The highest BCUT2D eigenvalue weighted by molar-refractivity contribution is 8.09. The summed E-state index contributed by atoms with van der Waals surface area (Å²) in [4.78, 5) is 14.6. The van der Waals surface area contributed by atoms with E-state index >= 15 is 0 Å². The molecule has 0 unspecified atom stereocenters. The fraction of sp³-hybridized carbons (Fsp3) is 0.545. The van der Waals surface area contributed by atoms with Crippen LogP contribution in [0.15, 0.2) is 21.0 Å². The van der Waals surface area contributed by atoms with Crippen LogP contribution in [0.4, 0.5) is 0 Å². The molecule has 0 aromatic carbocycles. The molecule has 17 heavy (non-hydrogen) atoms. The summed E-state index contributed by atoms with van der Waals surface area (Å²) in [6, 6.07) is 0. The predicted octanol–water partition coefficient (Wildman–Crippen LogP) is 1.74. The molecule has 0 spiro atoms. The van der Waals surface area contributed by atoms with E-state index in [4.69, 9.17) is 9.84 Å². The molecule has 0 saturated carbocycles. The largest absolute Gasteiger partial charge is 0.462 e. The highest BCUT2D eigenvalue weighted by Crippen LogP contribution is 2.43. The molecule has 6 heteroatoms. The first kappa shape index (κ1) is 12.9. The summed E-state index contributed by atoms with van der Waals surface area (Å²) in [5, 5.41) is 12.0. The van der Waals surface area contributed by atoms with E-state index in [0.717, 1.165) is 23.0 Å². The number of nitrogens with zero attached hydrogens (tertiary/aromatic N) is 1. The summed E-state index contributed by atoms with van der Waals surface area (Å²) >= 11 is 3.10. The smallest absolute Gasteiger partial charge is 0.347 e. The number of thioether (sulfide) groups is 2. The minimum absolute atomic E-state index is 0.137. The van der Waals surface area contributed by atoms with Gasteiger partial charge in [0.1, 0.15) is 9.93 Å². The number of ether oxygens (including phenoxy) is 1. The molecular formula is C11H15NO3S2. The predicted molar refractivity (Wildman–Crippen MR) is 70.2 cm³/mol. The maximum atomic E-state index is 11.8. The summed E-state index contributed by atoms with van der Waals surface area (Å²) in [6.45, 7) is 3.24. The minimum Gasteiger partial charge on any atom is -0.462 e. The molecule has 0 bridgehead atoms. The summed E-state index contributed by atoms with van der Waals surface area (Å²) in [7, 11) is 0. The average Bonchev–Trinajstić information content (AvgIpc) is 2.73. The number of fused-ring (bicyclic) bond motifs is 1. The molecule has 0 aliphatic carbocycles. The van der Waals surface area contributed by atoms with Gasteiger partial charge in [-0.2, -0.15) is 0 Å². The van der Waals surface area contributed by atoms with Crippen molar-refractivity contribution in [3.63, 3.8) is 0 Å². The number of aliphatic hydroxyl groups excluding tert-OH is 1.